The Morgan fingerprint density at radius 3 is 2.26 bits per heavy atom. The second-order valence-electron chi connectivity index (χ2n) is 7.10. The summed E-state index contributed by atoms with van der Waals surface area (Å²) in [6.45, 7) is 2.12. The van der Waals surface area contributed by atoms with E-state index >= 15 is 0 Å². The van der Waals surface area contributed by atoms with E-state index in [0.29, 0.717) is 5.69 Å². The highest BCUT2D eigenvalue weighted by Gasteiger charge is 2.22. The van der Waals surface area contributed by atoms with Crippen molar-refractivity contribution in [2.24, 2.45) is 5.92 Å². The number of carbonyl (C=O) groups excluding carboxylic acids is 2. The number of carbonyl (C=O) groups is 2. The molecule has 2 amide bonds. The molecule has 0 radical (unpaired) electrons. The zero-order valence-electron chi connectivity index (χ0n) is 15.7. The third kappa shape index (κ3) is 5.58. The van der Waals surface area contributed by atoms with Crippen molar-refractivity contribution in [1.82, 2.24) is 5.32 Å². The largest absolute Gasteiger partial charge is 0.379 e. The van der Waals surface area contributed by atoms with Crippen molar-refractivity contribution in [1.29, 1.82) is 0 Å². The lowest BCUT2D eigenvalue weighted by atomic mass is 10.1. The van der Waals surface area contributed by atoms with E-state index in [1.807, 2.05) is 42.5 Å². The summed E-state index contributed by atoms with van der Waals surface area (Å²) in [5, 5.41) is 9.00. The zero-order chi connectivity index (χ0) is 19.1. The molecule has 5 nitrogen and oxygen atoms in total. The molecule has 0 spiro atoms. The zero-order valence-corrected chi connectivity index (χ0v) is 15.7. The molecule has 1 aliphatic rings. The second-order valence-corrected chi connectivity index (χ2v) is 7.10. The number of amides is 2. The maximum atomic E-state index is 12.0. The van der Waals surface area contributed by atoms with Crippen LogP contribution in [0.15, 0.2) is 54.6 Å². The van der Waals surface area contributed by atoms with Gasteiger partial charge in [-0.05, 0) is 49.6 Å². The predicted octanol–water partition coefficient (Wildman–Crippen LogP) is 4.10. The first-order valence-electron chi connectivity index (χ1n) is 9.61. The number of hydrogen-bond donors (Lipinski definition) is 3. The first-order chi connectivity index (χ1) is 13.1. The van der Waals surface area contributed by atoms with Crippen LogP contribution in [0.3, 0.4) is 0 Å². The molecule has 2 aromatic rings. The van der Waals surface area contributed by atoms with Gasteiger partial charge in [0, 0.05) is 23.3 Å². The van der Waals surface area contributed by atoms with E-state index in [9.17, 15) is 9.59 Å². The van der Waals surface area contributed by atoms with Gasteiger partial charge in [-0.15, -0.1) is 0 Å². The normalized spacial score (nSPS) is 15.1. The Kier molecular flexibility index (Phi) is 6.47. The Hall–Kier alpha value is -2.82. The van der Waals surface area contributed by atoms with Crippen LogP contribution in [0.5, 0.6) is 0 Å². The van der Waals surface area contributed by atoms with Crippen LogP contribution in [-0.2, 0) is 9.59 Å². The highest BCUT2D eigenvalue weighted by molar-refractivity contribution is 5.94. The predicted molar refractivity (Wildman–Crippen MR) is 109 cm³/mol. The highest BCUT2D eigenvalue weighted by Crippen LogP contribution is 2.24. The molecule has 0 unspecified atom stereocenters. The monoisotopic (exact) mass is 365 g/mol. The molecule has 142 valence electrons. The summed E-state index contributed by atoms with van der Waals surface area (Å²) in [6.07, 6.45) is 4.08. The second kappa shape index (κ2) is 9.21. The third-order valence-corrected chi connectivity index (χ3v) is 5.00. The van der Waals surface area contributed by atoms with E-state index in [1.165, 1.54) is 5.56 Å². The van der Waals surface area contributed by atoms with Crippen LogP contribution in [0, 0.1) is 5.92 Å². The maximum absolute atomic E-state index is 12.0. The fourth-order valence-corrected chi connectivity index (χ4v) is 3.43. The number of rotatable bonds is 7. The van der Waals surface area contributed by atoms with Crippen LogP contribution >= 0.6 is 0 Å². The minimum absolute atomic E-state index is 0.00269. The summed E-state index contributed by atoms with van der Waals surface area (Å²) in [5.74, 6) is -0.133. The Bertz CT molecular complexity index is 753. The molecule has 5 heteroatoms. The van der Waals surface area contributed by atoms with Crippen molar-refractivity contribution in [3.63, 3.8) is 0 Å². The third-order valence-electron chi connectivity index (χ3n) is 5.00. The molecule has 27 heavy (non-hydrogen) atoms. The maximum Gasteiger partial charge on any atom is 0.243 e. The number of hydrogen-bond acceptors (Lipinski definition) is 3. The summed E-state index contributed by atoms with van der Waals surface area (Å²) in [5.41, 5.74) is 2.92. The van der Waals surface area contributed by atoms with Gasteiger partial charge in [-0.1, -0.05) is 43.2 Å². The summed E-state index contributed by atoms with van der Waals surface area (Å²) in [4.78, 5) is 24.0. The van der Waals surface area contributed by atoms with Crippen molar-refractivity contribution in [2.75, 3.05) is 17.2 Å². The minimum Gasteiger partial charge on any atom is -0.379 e. The average molecular weight is 365 g/mol. The van der Waals surface area contributed by atoms with Crippen molar-refractivity contribution in [3.05, 3.63) is 60.2 Å². The molecule has 1 atom stereocenters. The van der Waals surface area contributed by atoms with E-state index in [1.54, 1.807) is 0 Å². The van der Waals surface area contributed by atoms with Crippen molar-refractivity contribution >= 4 is 23.2 Å². The highest BCUT2D eigenvalue weighted by atomic mass is 16.2. The summed E-state index contributed by atoms with van der Waals surface area (Å²) in [6, 6.07) is 18.0. The van der Waals surface area contributed by atoms with Crippen LogP contribution in [0.25, 0.3) is 0 Å². The molecule has 3 rings (SSSR count). The Morgan fingerprint density at radius 2 is 1.59 bits per heavy atom. The molecule has 0 aromatic heterocycles. The fraction of sp³-hybridized carbons (Fsp3) is 0.364. The Morgan fingerprint density at radius 1 is 0.963 bits per heavy atom. The van der Waals surface area contributed by atoms with E-state index in [2.05, 4.69) is 35.0 Å². The van der Waals surface area contributed by atoms with Crippen LogP contribution in [0.4, 0.5) is 11.4 Å². The SMILES string of the molecule is C[C@H](Nc1ccc(NC(=O)CNC(=O)C2CCCC2)cc1)c1ccccc1. The fourth-order valence-electron chi connectivity index (χ4n) is 3.43. The summed E-state index contributed by atoms with van der Waals surface area (Å²) >= 11 is 0. The summed E-state index contributed by atoms with van der Waals surface area (Å²) in [7, 11) is 0. The van der Waals surface area contributed by atoms with Crippen molar-refractivity contribution in [2.45, 2.75) is 38.6 Å². The van der Waals surface area contributed by atoms with Crippen LogP contribution < -0.4 is 16.0 Å². The van der Waals surface area contributed by atoms with Gasteiger partial charge in [0.2, 0.25) is 11.8 Å². The molecule has 2 aromatic carbocycles. The van der Waals surface area contributed by atoms with Gasteiger partial charge in [0.15, 0.2) is 0 Å². The minimum atomic E-state index is -0.209. The van der Waals surface area contributed by atoms with E-state index in [4.69, 9.17) is 0 Å². The van der Waals surface area contributed by atoms with Gasteiger partial charge < -0.3 is 16.0 Å². The molecule has 0 heterocycles. The molecule has 3 N–H and O–H groups in total. The smallest absolute Gasteiger partial charge is 0.243 e. The lowest BCUT2D eigenvalue weighted by Crippen LogP contribution is -2.36. The van der Waals surface area contributed by atoms with Gasteiger partial charge in [-0.3, -0.25) is 9.59 Å². The molecular weight excluding hydrogens is 338 g/mol. The lowest BCUT2D eigenvalue weighted by molar-refractivity contribution is -0.127. The molecule has 0 aliphatic heterocycles. The van der Waals surface area contributed by atoms with Gasteiger partial charge in [0.1, 0.15) is 0 Å². The van der Waals surface area contributed by atoms with Gasteiger partial charge >= 0.3 is 0 Å². The van der Waals surface area contributed by atoms with Gasteiger partial charge in [0.25, 0.3) is 0 Å². The first kappa shape index (κ1) is 19.0. The molecule has 1 saturated carbocycles. The Labute approximate surface area is 160 Å². The van der Waals surface area contributed by atoms with Crippen molar-refractivity contribution in [3.8, 4) is 0 Å². The van der Waals surface area contributed by atoms with E-state index in [-0.39, 0.29) is 30.3 Å². The first-order valence-corrected chi connectivity index (χ1v) is 9.61. The van der Waals surface area contributed by atoms with Crippen LogP contribution in [0.1, 0.15) is 44.2 Å². The molecular formula is C22H27N3O2. The van der Waals surface area contributed by atoms with Crippen molar-refractivity contribution < 1.29 is 9.59 Å². The van der Waals surface area contributed by atoms with Gasteiger partial charge in [-0.25, -0.2) is 0 Å². The quantitative estimate of drug-likeness (QED) is 0.692. The van der Waals surface area contributed by atoms with E-state index in [0.717, 1.165) is 31.4 Å². The molecule has 0 bridgehead atoms. The van der Waals surface area contributed by atoms with Gasteiger partial charge in [-0.2, -0.15) is 0 Å². The molecule has 1 aliphatic carbocycles. The van der Waals surface area contributed by atoms with Crippen LogP contribution in [-0.4, -0.2) is 18.4 Å². The standard InChI is InChI=1S/C22H27N3O2/c1-16(17-7-3-2-4-8-17)24-19-11-13-20(14-12-19)25-21(26)15-23-22(27)18-9-5-6-10-18/h2-4,7-8,11-14,16,18,24H,5-6,9-10,15H2,1H3,(H,23,27)(H,25,26)/t16-/m0/s1. The van der Waals surface area contributed by atoms with E-state index < -0.39 is 0 Å². The number of anilines is 2. The number of nitrogens with one attached hydrogen (secondary N) is 3. The summed E-state index contributed by atoms with van der Waals surface area (Å²) < 4.78 is 0. The lowest BCUT2D eigenvalue weighted by Gasteiger charge is -2.16. The molecule has 1 fully saturated rings. The topological polar surface area (TPSA) is 70.2 Å². The number of benzene rings is 2. The Balaban J connectivity index is 1.45. The van der Waals surface area contributed by atoms with Gasteiger partial charge in [0.05, 0.1) is 6.54 Å². The average Bonchev–Trinajstić information content (AvgIpc) is 3.23. The molecule has 0 saturated heterocycles. The van der Waals surface area contributed by atoms with Crippen LogP contribution in [0.2, 0.25) is 0 Å².